The van der Waals surface area contributed by atoms with Crippen LogP contribution in [0.1, 0.15) is 30.7 Å². The lowest BCUT2D eigenvalue weighted by Gasteiger charge is -2.32. The molecule has 1 amide bonds. The number of piperidine rings is 1. The van der Waals surface area contributed by atoms with Crippen LogP contribution in [0.2, 0.25) is 0 Å². The molecule has 0 radical (unpaired) electrons. The van der Waals surface area contributed by atoms with Gasteiger partial charge in [0.05, 0.1) is 17.1 Å². The van der Waals surface area contributed by atoms with E-state index >= 15 is 0 Å². The van der Waals surface area contributed by atoms with Crippen LogP contribution in [0.25, 0.3) is 11.0 Å². The van der Waals surface area contributed by atoms with E-state index < -0.39 is 0 Å². The molecule has 0 spiro atoms. The summed E-state index contributed by atoms with van der Waals surface area (Å²) in [6.45, 7) is 3.78. The number of nitrogens with one attached hydrogen (secondary N) is 1. The second-order valence-electron chi connectivity index (χ2n) is 6.97. The molecule has 3 heterocycles. The first-order valence-electron chi connectivity index (χ1n) is 9.13. The summed E-state index contributed by atoms with van der Waals surface area (Å²) < 4.78 is 2.15. The number of fused-ring (bicyclic) bond motifs is 1. The molecule has 3 aromatic rings. The molecule has 0 saturated carbocycles. The topological polar surface area (TPSA) is 50.2 Å². The molecule has 1 aliphatic heterocycles. The predicted octanol–water partition coefficient (Wildman–Crippen LogP) is 3.73. The highest BCUT2D eigenvalue weighted by molar-refractivity contribution is 7.10. The van der Waals surface area contributed by atoms with E-state index in [4.69, 9.17) is 4.98 Å². The van der Waals surface area contributed by atoms with Crippen molar-refractivity contribution >= 4 is 34.2 Å². The average Bonchev–Trinajstić information content (AvgIpc) is 3.31. The number of nitrogens with zero attached hydrogens (tertiary/aromatic N) is 3. The Bertz CT molecular complexity index is 894. The molecular weight excluding hydrogens is 344 g/mol. The summed E-state index contributed by atoms with van der Waals surface area (Å²) in [4.78, 5) is 20.9. The lowest BCUT2D eigenvalue weighted by Crippen LogP contribution is -2.41. The maximum atomic E-state index is 12.6. The summed E-state index contributed by atoms with van der Waals surface area (Å²) in [5.41, 5.74) is 2.17. The van der Waals surface area contributed by atoms with Crippen LogP contribution in [0, 0.1) is 5.92 Å². The van der Waals surface area contributed by atoms with Gasteiger partial charge in [0.1, 0.15) is 0 Å². The Morgan fingerprint density at radius 2 is 2.00 bits per heavy atom. The molecule has 2 aromatic heterocycles. The number of hydrogen-bond acceptors (Lipinski definition) is 4. The van der Waals surface area contributed by atoms with Gasteiger partial charge in [0, 0.05) is 30.9 Å². The summed E-state index contributed by atoms with van der Waals surface area (Å²) in [7, 11) is 2.06. The van der Waals surface area contributed by atoms with E-state index in [1.54, 1.807) is 11.3 Å². The third kappa shape index (κ3) is 3.21. The Morgan fingerprint density at radius 3 is 2.69 bits per heavy atom. The van der Waals surface area contributed by atoms with Gasteiger partial charge < -0.3 is 14.8 Å². The number of carbonyl (C=O) groups excluding carboxylic acids is 1. The zero-order valence-corrected chi connectivity index (χ0v) is 16.0. The predicted molar refractivity (Wildman–Crippen MR) is 107 cm³/mol. The monoisotopic (exact) mass is 368 g/mol. The summed E-state index contributed by atoms with van der Waals surface area (Å²) in [5.74, 6) is 1.26. The number of imidazole rings is 1. The van der Waals surface area contributed by atoms with Gasteiger partial charge >= 0.3 is 0 Å². The van der Waals surface area contributed by atoms with Crippen molar-refractivity contribution in [1.82, 2.24) is 14.9 Å². The summed E-state index contributed by atoms with van der Waals surface area (Å²) >= 11 is 1.69. The SMILES string of the molecule is C[C@@H](NC(=O)C1CCN(c2nc3ccccc3n2C)CC1)c1cccs1. The van der Waals surface area contributed by atoms with E-state index in [0.717, 1.165) is 42.9 Å². The van der Waals surface area contributed by atoms with Gasteiger partial charge in [0.15, 0.2) is 0 Å². The van der Waals surface area contributed by atoms with Gasteiger partial charge in [-0.15, -0.1) is 11.3 Å². The van der Waals surface area contributed by atoms with E-state index in [2.05, 4.69) is 40.9 Å². The number of amides is 1. The molecule has 5 nitrogen and oxygen atoms in total. The smallest absolute Gasteiger partial charge is 0.223 e. The molecule has 0 unspecified atom stereocenters. The fraction of sp³-hybridized carbons (Fsp3) is 0.400. The molecule has 6 heteroatoms. The number of aryl methyl sites for hydroxylation is 1. The van der Waals surface area contributed by atoms with E-state index in [0.29, 0.717) is 0 Å². The van der Waals surface area contributed by atoms with Crippen LogP contribution in [0.4, 0.5) is 5.95 Å². The van der Waals surface area contributed by atoms with Gasteiger partial charge in [-0.25, -0.2) is 4.98 Å². The molecule has 1 N–H and O–H groups in total. The molecule has 0 aliphatic carbocycles. The average molecular weight is 369 g/mol. The summed E-state index contributed by atoms with van der Waals surface area (Å²) in [6.07, 6.45) is 1.73. The zero-order chi connectivity index (χ0) is 18.1. The lowest BCUT2D eigenvalue weighted by atomic mass is 9.95. The maximum Gasteiger partial charge on any atom is 0.223 e. The van der Waals surface area contributed by atoms with E-state index in [-0.39, 0.29) is 17.9 Å². The standard InChI is InChI=1S/C20H24N4OS/c1-14(18-8-5-13-26-18)21-19(25)15-9-11-24(12-10-15)20-22-16-6-3-4-7-17(16)23(20)2/h3-8,13-15H,9-12H2,1-2H3,(H,21,25)/t14-/m1/s1. The number of carbonyl (C=O) groups is 1. The quantitative estimate of drug-likeness (QED) is 0.763. The second kappa shape index (κ2) is 7.11. The first kappa shape index (κ1) is 17.1. The van der Waals surface area contributed by atoms with Crippen molar-refractivity contribution in [3.63, 3.8) is 0 Å². The van der Waals surface area contributed by atoms with Crippen molar-refractivity contribution < 1.29 is 4.79 Å². The highest BCUT2D eigenvalue weighted by atomic mass is 32.1. The summed E-state index contributed by atoms with van der Waals surface area (Å²) in [5, 5.41) is 5.22. The first-order chi connectivity index (χ1) is 12.6. The Balaban J connectivity index is 1.39. The van der Waals surface area contributed by atoms with Gasteiger partial charge in [-0.1, -0.05) is 18.2 Å². The largest absolute Gasteiger partial charge is 0.349 e. The normalized spacial score (nSPS) is 16.8. The second-order valence-corrected chi connectivity index (χ2v) is 7.95. The van der Waals surface area contributed by atoms with Crippen molar-refractivity contribution in [1.29, 1.82) is 0 Å². The van der Waals surface area contributed by atoms with Gasteiger partial charge in [0.2, 0.25) is 11.9 Å². The number of hydrogen-bond donors (Lipinski definition) is 1. The summed E-state index contributed by atoms with van der Waals surface area (Å²) in [6, 6.07) is 12.4. The van der Waals surface area contributed by atoms with E-state index in [1.165, 1.54) is 4.88 Å². The highest BCUT2D eigenvalue weighted by Gasteiger charge is 2.28. The van der Waals surface area contributed by atoms with Crippen molar-refractivity contribution in [3.05, 3.63) is 46.7 Å². The van der Waals surface area contributed by atoms with Gasteiger partial charge in [-0.3, -0.25) is 4.79 Å². The van der Waals surface area contributed by atoms with E-state index in [9.17, 15) is 4.79 Å². The minimum absolute atomic E-state index is 0.0837. The van der Waals surface area contributed by atoms with Crippen LogP contribution >= 0.6 is 11.3 Å². The molecule has 4 rings (SSSR count). The number of thiophene rings is 1. The Morgan fingerprint density at radius 1 is 1.23 bits per heavy atom. The molecule has 136 valence electrons. The molecule has 1 aliphatic rings. The van der Waals surface area contributed by atoms with Crippen LogP contribution in [0.5, 0.6) is 0 Å². The molecule has 1 atom stereocenters. The fourth-order valence-corrected chi connectivity index (χ4v) is 4.43. The Hall–Kier alpha value is -2.34. The zero-order valence-electron chi connectivity index (χ0n) is 15.2. The minimum Gasteiger partial charge on any atom is -0.349 e. The van der Waals surface area contributed by atoms with Crippen LogP contribution in [0.3, 0.4) is 0 Å². The molecule has 1 saturated heterocycles. The molecule has 1 aromatic carbocycles. The lowest BCUT2D eigenvalue weighted by molar-refractivity contribution is -0.126. The third-order valence-electron chi connectivity index (χ3n) is 5.24. The van der Waals surface area contributed by atoms with Crippen molar-refractivity contribution in [3.8, 4) is 0 Å². The Kier molecular flexibility index (Phi) is 4.68. The number of aromatic nitrogens is 2. The van der Waals surface area contributed by atoms with Crippen LogP contribution < -0.4 is 10.2 Å². The highest BCUT2D eigenvalue weighted by Crippen LogP contribution is 2.27. The first-order valence-corrected chi connectivity index (χ1v) is 10.0. The number of rotatable bonds is 4. The molecule has 0 bridgehead atoms. The van der Waals surface area contributed by atoms with Crippen LogP contribution in [-0.2, 0) is 11.8 Å². The minimum atomic E-state index is 0.0837. The third-order valence-corrected chi connectivity index (χ3v) is 6.30. The van der Waals surface area contributed by atoms with Crippen LogP contribution in [-0.4, -0.2) is 28.5 Å². The maximum absolute atomic E-state index is 12.6. The van der Waals surface area contributed by atoms with Gasteiger partial charge in [-0.2, -0.15) is 0 Å². The van der Waals surface area contributed by atoms with Crippen molar-refractivity contribution in [2.45, 2.75) is 25.8 Å². The molecule has 1 fully saturated rings. The molecular formula is C20H24N4OS. The van der Waals surface area contributed by atoms with Crippen LogP contribution in [0.15, 0.2) is 41.8 Å². The van der Waals surface area contributed by atoms with Gasteiger partial charge in [-0.05, 0) is 43.3 Å². The van der Waals surface area contributed by atoms with E-state index in [1.807, 2.05) is 29.6 Å². The van der Waals surface area contributed by atoms with Crippen molar-refractivity contribution in [2.75, 3.05) is 18.0 Å². The number of anilines is 1. The van der Waals surface area contributed by atoms with Crippen molar-refractivity contribution in [2.24, 2.45) is 13.0 Å². The number of benzene rings is 1. The Labute approximate surface area is 157 Å². The molecule has 26 heavy (non-hydrogen) atoms. The number of para-hydroxylation sites is 2. The van der Waals surface area contributed by atoms with Gasteiger partial charge in [0.25, 0.3) is 0 Å². The fourth-order valence-electron chi connectivity index (χ4n) is 3.70.